The van der Waals surface area contributed by atoms with E-state index in [0.29, 0.717) is 5.69 Å². The van der Waals surface area contributed by atoms with Crippen LogP contribution in [0.3, 0.4) is 0 Å². The summed E-state index contributed by atoms with van der Waals surface area (Å²) in [6.07, 6.45) is 0. The number of carbonyl (C=O) groups is 2. The van der Waals surface area contributed by atoms with Crippen LogP contribution in [0.15, 0.2) is 47.4 Å². The van der Waals surface area contributed by atoms with Crippen LogP contribution in [0.25, 0.3) is 0 Å². The fraction of sp³-hybridized carbons (Fsp3) is 0.263. The molecule has 2 aromatic rings. The van der Waals surface area contributed by atoms with E-state index in [1.807, 2.05) is 19.1 Å². The lowest BCUT2D eigenvalue weighted by Gasteiger charge is -2.18. The molecule has 0 radical (unpaired) electrons. The molecule has 0 bridgehead atoms. The molecule has 0 fully saturated rings. The number of amides is 2. The average Bonchev–Trinajstić information content (AvgIpc) is 2.63. The van der Waals surface area contributed by atoms with E-state index in [4.69, 9.17) is 0 Å². The van der Waals surface area contributed by atoms with E-state index in [1.54, 1.807) is 12.1 Å². The van der Waals surface area contributed by atoms with Crippen molar-refractivity contribution >= 4 is 27.5 Å². The number of anilines is 1. The van der Waals surface area contributed by atoms with Gasteiger partial charge in [0, 0.05) is 32.4 Å². The SMILES string of the molecule is Cc1ccc(NC(=O)CN(C)C(=O)c2ccc(F)c(S(=O)(=O)N(C)C)c2)cc1. The first kappa shape index (κ1) is 21.5. The normalized spacial score (nSPS) is 11.4. The van der Waals surface area contributed by atoms with Crippen LogP contribution in [0.4, 0.5) is 10.1 Å². The second kappa shape index (κ2) is 8.49. The summed E-state index contributed by atoms with van der Waals surface area (Å²) in [6.45, 7) is 1.67. The molecule has 0 aliphatic carbocycles. The zero-order chi connectivity index (χ0) is 21.1. The monoisotopic (exact) mass is 407 g/mol. The van der Waals surface area contributed by atoms with Crippen LogP contribution in [-0.4, -0.2) is 57.1 Å². The number of hydrogen-bond donors (Lipinski definition) is 1. The molecule has 0 aliphatic rings. The lowest BCUT2D eigenvalue weighted by atomic mass is 10.2. The van der Waals surface area contributed by atoms with E-state index in [-0.39, 0.29) is 12.1 Å². The number of likely N-dealkylation sites (N-methyl/N-ethyl adjacent to an activating group) is 1. The Hall–Kier alpha value is -2.78. The van der Waals surface area contributed by atoms with Crippen molar-refractivity contribution in [3.8, 4) is 0 Å². The topological polar surface area (TPSA) is 86.8 Å². The Balaban J connectivity index is 2.14. The van der Waals surface area contributed by atoms with Crippen LogP contribution in [0.2, 0.25) is 0 Å². The van der Waals surface area contributed by atoms with Gasteiger partial charge in [-0.2, -0.15) is 0 Å². The van der Waals surface area contributed by atoms with Crippen LogP contribution in [0.1, 0.15) is 15.9 Å². The standard InChI is InChI=1S/C19H22FN3O4S/c1-13-5-8-15(9-6-13)21-18(24)12-23(4)19(25)14-7-10-16(20)17(11-14)28(26,27)22(2)3/h5-11H,12H2,1-4H3,(H,21,24). The molecule has 1 N–H and O–H groups in total. The fourth-order valence-electron chi connectivity index (χ4n) is 2.38. The van der Waals surface area contributed by atoms with Crippen molar-refractivity contribution in [2.24, 2.45) is 0 Å². The highest BCUT2D eigenvalue weighted by Gasteiger charge is 2.24. The molecule has 0 saturated carbocycles. The molecule has 9 heteroatoms. The highest BCUT2D eigenvalue weighted by molar-refractivity contribution is 7.89. The van der Waals surface area contributed by atoms with Crippen LogP contribution >= 0.6 is 0 Å². The molecule has 0 spiro atoms. The highest BCUT2D eigenvalue weighted by Crippen LogP contribution is 2.20. The van der Waals surface area contributed by atoms with Gasteiger partial charge in [-0.05, 0) is 37.3 Å². The van der Waals surface area contributed by atoms with Crippen molar-refractivity contribution < 1.29 is 22.4 Å². The van der Waals surface area contributed by atoms with Crippen molar-refractivity contribution in [1.29, 1.82) is 0 Å². The minimum Gasteiger partial charge on any atom is -0.332 e. The Kier molecular flexibility index (Phi) is 6.52. The summed E-state index contributed by atoms with van der Waals surface area (Å²) >= 11 is 0. The van der Waals surface area contributed by atoms with Crippen molar-refractivity contribution in [3.63, 3.8) is 0 Å². The van der Waals surface area contributed by atoms with Gasteiger partial charge >= 0.3 is 0 Å². The molecule has 0 heterocycles. The highest BCUT2D eigenvalue weighted by atomic mass is 32.2. The molecule has 2 rings (SSSR count). The van der Waals surface area contributed by atoms with E-state index in [1.165, 1.54) is 27.2 Å². The summed E-state index contributed by atoms with van der Waals surface area (Å²) in [6, 6.07) is 10.2. The lowest BCUT2D eigenvalue weighted by Crippen LogP contribution is -2.35. The first-order valence-electron chi connectivity index (χ1n) is 8.36. The summed E-state index contributed by atoms with van der Waals surface area (Å²) in [4.78, 5) is 25.2. The van der Waals surface area contributed by atoms with Gasteiger partial charge in [0.05, 0.1) is 6.54 Å². The Morgan fingerprint density at radius 1 is 1.04 bits per heavy atom. The number of aryl methyl sites for hydroxylation is 1. The summed E-state index contributed by atoms with van der Waals surface area (Å²) in [7, 11) is -0.108. The first-order chi connectivity index (χ1) is 13.0. The summed E-state index contributed by atoms with van der Waals surface area (Å²) in [5.74, 6) is -1.97. The summed E-state index contributed by atoms with van der Waals surface area (Å²) in [5.41, 5.74) is 1.61. The molecule has 0 aliphatic heterocycles. The molecule has 28 heavy (non-hydrogen) atoms. The van der Waals surface area contributed by atoms with Crippen LogP contribution in [0.5, 0.6) is 0 Å². The second-order valence-corrected chi connectivity index (χ2v) is 8.63. The van der Waals surface area contributed by atoms with E-state index in [2.05, 4.69) is 5.32 Å². The molecule has 0 saturated heterocycles. The lowest BCUT2D eigenvalue weighted by molar-refractivity contribution is -0.116. The third-order valence-electron chi connectivity index (χ3n) is 4.00. The quantitative estimate of drug-likeness (QED) is 0.795. The Labute approximate surface area is 163 Å². The minimum atomic E-state index is -4.05. The number of benzene rings is 2. The maximum Gasteiger partial charge on any atom is 0.254 e. The molecule has 2 aromatic carbocycles. The number of nitrogens with one attached hydrogen (secondary N) is 1. The summed E-state index contributed by atoms with van der Waals surface area (Å²) < 4.78 is 39.2. The number of nitrogens with zero attached hydrogens (tertiary/aromatic N) is 2. The Morgan fingerprint density at radius 3 is 2.21 bits per heavy atom. The number of carbonyl (C=O) groups excluding carboxylic acids is 2. The molecular formula is C19H22FN3O4S. The van der Waals surface area contributed by atoms with Crippen molar-refractivity contribution in [3.05, 3.63) is 59.4 Å². The van der Waals surface area contributed by atoms with Gasteiger partial charge in [-0.3, -0.25) is 9.59 Å². The maximum atomic E-state index is 14.0. The Morgan fingerprint density at radius 2 is 1.64 bits per heavy atom. The number of sulfonamides is 1. The van der Waals surface area contributed by atoms with Crippen LogP contribution < -0.4 is 5.32 Å². The van der Waals surface area contributed by atoms with Gasteiger partial charge in [0.2, 0.25) is 15.9 Å². The third-order valence-corrected chi connectivity index (χ3v) is 5.83. The van der Waals surface area contributed by atoms with Gasteiger partial charge in [-0.25, -0.2) is 17.1 Å². The zero-order valence-corrected chi connectivity index (χ0v) is 16.9. The van der Waals surface area contributed by atoms with Crippen molar-refractivity contribution in [1.82, 2.24) is 9.21 Å². The number of hydrogen-bond acceptors (Lipinski definition) is 4. The van der Waals surface area contributed by atoms with E-state index in [0.717, 1.165) is 26.9 Å². The number of rotatable bonds is 6. The zero-order valence-electron chi connectivity index (χ0n) is 16.1. The van der Waals surface area contributed by atoms with Gasteiger partial charge < -0.3 is 10.2 Å². The smallest absolute Gasteiger partial charge is 0.254 e. The van der Waals surface area contributed by atoms with Crippen molar-refractivity contribution in [2.75, 3.05) is 33.0 Å². The summed E-state index contributed by atoms with van der Waals surface area (Å²) in [5, 5.41) is 2.67. The molecular weight excluding hydrogens is 385 g/mol. The van der Waals surface area contributed by atoms with Gasteiger partial charge in [0.15, 0.2) is 0 Å². The van der Waals surface area contributed by atoms with E-state index in [9.17, 15) is 22.4 Å². The van der Waals surface area contributed by atoms with E-state index < -0.39 is 32.6 Å². The minimum absolute atomic E-state index is 0.0348. The van der Waals surface area contributed by atoms with E-state index >= 15 is 0 Å². The molecule has 150 valence electrons. The van der Waals surface area contributed by atoms with Crippen molar-refractivity contribution in [2.45, 2.75) is 11.8 Å². The van der Waals surface area contributed by atoms with Gasteiger partial charge in [-0.1, -0.05) is 17.7 Å². The first-order valence-corrected chi connectivity index (χ1v) is 9.80. The molecule has 7 nitrogen and oxygen atoms in total. The average molecular weight is 407 g/mol. The predicted molar refractivity (Wildman–Crippen MR) is 104 cm³/mol. The van der Waals surface area contributed by atoms with Gasteiger partial charge in [0.1, 0.15) is 10.7 Å². The van der Waals surface area contributed by atoms with Crippen LogP contribution in [0, 0.1) is 12.7 Å². The maximum absolute atomic E-state index is 14.0. The fourth-order valence-corrected chi connectivity index (χ4v) is 3.36. The molecule has 2 amide bonds. The molecule has 0 atom stereocenters. The largest absolute Gasteiger partial charge is 0.332 e. The second-order valence-electron chi connectivity index (χ2n) is 6.51. The third kappa shape index (κ3) is 4.93. The van der Waals surface area contributed by atoms with Gasteiger partial charge in [-0.15, -0.1) is 0 Å². The predicted octanol–water partition coefficient (Wildman–Crippen LogP) is 2.10. The molecule has 0 unspecified atom stereocenters. The number of halogens is 1. The molecule has 0 aromatic heterocycles. The Bertz CT molecular complexity index is 989. The van der Waals surface area contributed by atoms with Gasteiger partial charge in [0.25, 0.3) is 5.91 Å². The van der Waals surface area contributed by atoms with Crippen LogP contribution in [-0.2, 0) is 14.8 Å².